The standard InChI is InChI=1S/C13H29N.C3H10O3Si/c1-3-4-5-6-7-8-9-10-11-12-13-14-2;1-4-7(5-2)6-3/h14H,3-13H2,1-2H3;7H,1-3H3. The van der Waals surface area contributed by atoms with Crippen LogP contribution in [0.4, 0.5) is 0 Å². The minimum Gasteiger partial charge on any atom is -0.379 e. The van der Waals surface area contributed by atoms with E-state index in [9.17, 15) is 0 Å². The second kappa shape index (κ2) is 22.3. The van der Waals surface area contributed by atoms with Crippen LogP contribution in [0.3, 0.4) is 0 Å². The maximum atomic E-state index is 4.74. The molecule has 5 heteroatoms. The molecule has 0 aromatic rings. The van der Waals surface area contributed by atoms with Crippen LogP contribution in [0.15, 0.2) is 0 Å². The van der Waals surface area contributed by atoms with Crippen LogP contribution < -0.4 is 5.32 Å². The molecule has 0 aliphatic carbocycles. The van der Waals surface area contributed by atoms with Crippen LogP contribution in [0.2, 0.25) is 0 Å². The molecule has 0 spiro atoms. The molecule has 0 saturated carbocycles. The molecule has 0 amide bonds. The van der Waals surface area contributed by atoms with Crippen molar-refractivity contribution in [2.75, 3.05) is 34.9 Å². The molecule has 0 saturated heterocycles. The van der Waals surface area contributed by atoms with E-state index in [0.717, 1.165) is 0 Å². The van der Waals surface area contributed by atoms with Gasteiger partial charge in [-0.2, -0.15) is 0 Å². The molecule has 21 heavy (non-hydrogen) atoms. The molecule has 0 aliphatic heterocycles. The van der Waals surface area contributed by atoms with Gasteiger partial charge in [0.2, 0.25) is 0 Å². The Morgan fingerprint density at radius 2 is 1.05 bits per heavy atom. The fourth-order valence-corrected chi connectivity index (χ4v) is 2.66. The predicted molar refractivity (Wildman–Crippen MR) is 93.9 cm³/mol. The molecule has 0 aliphatic rings. The first-order chi connectivity index (χ1) is 10.3. The van der Waals surface area contributed by atoms with E-state index in [0.29, 0.717) is 0 Å². The van der Waals surface area contributed by atoms with Crippen LogP contribution in [0.1, 0.15) is 71.1 Å². The van der Waals surface area contributed by atoms with Crippen molar-refractivity contribution in [2.45, 2.75) is 71.1 Å². The van der Waals surface area contributed by atoms with Crippen LogP contribution in [-0.4, -0.2) is 44.4 Å². The molecule has 0 atom stereocenters. The summed E-state index contributed by atoms with van der Waals surface area (Å²) in [5, 5.41) is 3.19. The minimum atomic E-state index is -1.67. The maximum Gasteiger partial charge on any atom is 0.483 e. The molecule has 0 heterocycles. The second-order valence-corrected chi connectivity index (χ2v) is 7.27. The van der Waals surface area contributed by atoms with Gasteiger partial charge in [-0.3, -0.25) is 0 Å². The molecule has 4 nitrogen and oxygen atoms in total. The summed E-state index contributed by atoms with van der Waals surface area (Å²) in [6.45, 7) is 3.47. The van der Waals surface area contributed by atoms with Gasteiger partial charge in [-0.25, -0.2) is 0 Å². The largest absolute Gasteiger partial charge is 0.483 e. The van der Waals surface area contributed by atoms with Crippen molar-refractivity contribution in [1.82, 2.24) is 5.32 Å². The van der Waals surface area contributed by atoms with Gasteiger partial charge in [0.15, 0.2) is 0 Å². The fraction of sp³-hybridized carbons (Fsp3) is 1.00. The van der Waals surface area contributed by atoms with E-state index >= 15 is 0 Å². The average Bonchev–Trinajstić information content (AvgIpc) is 2.52. The highest BCUT2D eigenvalue weighted by Gasteiger charge is 2.04. The lowest BCUT2D eigenvalue weighted by atomic mass is 10.1. The smallest absolute Gasteiger partial charge is 0.379 e. The topological polar surface area (TPSA) is 39.7 Å². The molecule has 130 valence electrons. The molecule has 0 bridgehead atoms. The summed E-state index contributed by atoms with van der Waals surface area (Å²) < 4.78 is 14.2. The first-order valence-electron chi connectivity index (χ1n) is 8.49. The van der Waals surface area contributed by atoms with E-state index in [1.54, 1.807) is 21.3 Å². The number of hydrogen-bond donors (Lipinski definition) is 1. The second-order valence-electron chi connectivity index (χ2n) is 5.28. The van der Waals surface area contributed by atoms with Crippen molar-refractivity contribution >= 4 is 9.53 Å². The molecule has 0 fully saturated rings. The molecule has 0 rings (SSSR count). The highest BCUT2D eigenvalue weighted by molar-refractivity contribution is 6.36. The van der Waals surface area contributed by atoms with Crippen molar-refractivity contribution in [3.8, 4) is 0 Å². The normalized spacial score (nSPS) is 10.6. The van der Waals surface area contributed by atoms with E-state index in [1.165, 1.54) is 70.8 Å². The SMILES string of the molecule is CCCCCCCCCCCCNC.CO[SiH](OC)OC. The lowest BCUT2D eigenvalue weighted by molar-refractivity contribution is 0.163. The van der Waals surface area contributed by atoms with Crippen LogP contribution in [-0.2, 0) is 13.3 Å². The number of hydrogen-bond acceptors (Lipinski definition) is 4. The Balaban J connectivity index is 0. The lowest BCUT2D eigenvalue weighted by Gasteiger charge is -2.05. The van der Waals surface area contributed by atoms with Gasteiger partial charge in [-0.05, 0) is 20.0 Å². The van der Waals surface area contributed by atoms with Gasteiger partial charge in [0.05, 0.1) is 0 Å². The fourth-order valence-electron chi connectivity index (χ4n) is 2.08. The summed E-state index contributed by atoms with van der Waals surface area (Å²) in [4.78, 5) is 0. The van der Waals surface area contributed by atoms with E-state index in [2.05, 4.69) is 12.2 Å². The van der Waals surface area contributed by atoms with Gasteiger partial charge in [0.1, 0.15) is 0 Å². The molecule has 0 radical (unpaired) electrons. The molecule has 0 unspecified atom stereocenters. The van der Waals surface area contributed by atoms with E-state index in [1.807, 2.05) is 7.05 Å². The van der Waals surface area contributed by atoms with E-state index in [4.69, 9.17) is 13.3 Å². The third-order valence-corrected chi connectivity index (χ3v) is 4.51. The maximum absolute atomic E-state index is 4.74. The first kappa shape index (κ1) is 23.3. The Kier molecular flexibility index (Phi) is 24.8. The van der Waals surface area contributed by atoms with Gasteiger partial charge in [0.25, 0.3) is 0 Å². The van der Waals surface area contributed by atoms with Crippen LogP contribution in [0.25, 0.3) is 0 Å². The first-order valence-corrected chi connectivity index (χ1v) is 9.91. The van der Waals surface area contributed by atoms with Crippen LogP contribution in [0, 0.1) is 0 Å². The predicted octanol–water partition coefficient (Wildman–Crippen LogP) is 3.77. The summed E-state index contributed by atoms with van der Waals surface area (Å²) in [5.41, 5.74) is 0. The number of nitrogens with one attached hydrogen (secondary N) is 1. The zero-order chi connectivity index (χ0) is 16.2. The number of unbranched alkanes of at least 4 members (excludes halogenated alkanes) is 9. The highest BCUT2D eigenvalue weighted by atomic mass is 28.3. The number of rotatable bonds is 14. The van der Waals surface area contributed by atoms with Crippen LogP contribution >= 0.6 is 0 Å². The average molecular weight is 322 g/mol. The Bertz CT molecular complexity index is 152. The molecule has 0 aromatic heterocycles. The monoisotopic (exact) mass is 321 g/mol. The summed E-state index contributed by atoms with van der Waals surface area (Å²) in [5.74, 6) is 0. The van der Waals surface area contributed by atoms with Crippen molar-refractivity contribution in [3.05, 3.63) is 0 Å². The Hall–Kier alpha value is 0.0569. The summed E-state index contributed by atoms with van der Waals surface area (Å²) in [7, 11) is 5.08. The zero-order valence-electron chi connectivity index (χ0n) is 15.1. The minimum absolute atomic E-state index is 1.19. The molecule has 1 N–H and O–H groups in total. The summed E-state index contributed by atoms with van der Waals surface area (Å²) in [6, 6.07) is 0. The summed E-state index contributed by atoms with van der Waals surface area (Å²) in [6.07, 6.45) is 14.3. The van der Waals surface area contributed by atoms with Crippen molar-refractivity contribution in [3.63, 3.8) is 0 Å². The molecule has 0 aromatic carbocycles. The molecular weight excluding hydrogens is 282 g/mol. The Morgan fingerprint density at radius 3 is 1.33 bits per heavy atom. The Morgan fingerprint density at radius 1 is 0.667 bits per heavy atom. The van der Waals surface area contributed by atoms with E-state index < -0.39 is 9.53 Å². The zero-order valence-corrected chi connectivity index (χ0v) is 16.2. The van der Waals surface area contributed by atoms with Gasteiger partial charge in [0, 0.05) is 21.3 Å². The van der Waals surface area contributed by atoms with Crippen molar-refractivity contribution in [1.29, 1.82) is 0 Å². The van der Waals surface area contributed by atoms with Gasteiger partial charge < -0.3 is 18.6 Å². The van der Waals surface area contributed by atoms with Gasteiger partial charge in [-0.15, -0.1) is 0 Å². The lowest BCUT2D eigenvalue weighted by Crippen LogP contribution is -2.21. The van der Waals surface area contributed by atoms with Crippen molar-refractivity contribution < 1.29 is 13.3 Å². The third-order valence-electron chi connectivity index (χ3n) is 3.36. The molecular formula is C16H39NO3Si. The van der Waals surface area contributed by atoms with Gasteiger partial charge in [-0.1, -0.05) is 64.7 Å². The summed E-state index contributed by atoms with van der Waals surface area (Å²) >= 11 is 0. The van der Waals surface area contributed by atoms with Crippen molar-refractivity contribution in [2.24, 2.45) is 0 Å². The Labute approximate surface area is 134 Å². The quantitative estimate of drug-likeness (QED) is 0.390. The van der Waals surface area contributed by atoms with Crippen LogP contribution in [0.5, 0.6) is 0 Å². The third kappa shape index (κ3) is 22.5. The van der Waals surface area contributed by atoms with E-state index in [-0.39, 0.29) is 0 Å². The van der Waals surface area contributed by atoms with Gasteiger partial charge >= 0.3 is 9.53 Å². The highest BCUT2D eigenvalue weighted by Crippen LogP contribution is 2.09.